The molecule has 7 nitrogen and oxygen atoms in total. The molecule has 160 valence electrons. The first kappa shape index (κ1) is 20.9. The summed E-state index contributed by atoms with van der Waals surface area (Å²) in [5.74, 6) is -0.131. The van der Waals surface area contributed by atoms with Gasteiger partial charge >= 0.3 is 5.97 Å². The summed E-state index contributed by atoms with van der Waals surface area (Å²) in [5, 5.41) is 9.29. The SMILES string of the molecule is Cc1ncc([C@@H](CC(=O)O)N2CC(OCCCc3ccc4c(n3)CCCC4)C2)cn1. The third-order valence-electron chi connectivity index (χ3n) is 6.04. The number of carbonyl (C=O) groups is 1. The number of ether oxygens (including phenoxy) is 1. The number of aryl methyl sites for hydroxylation is 4. The van der Waals surface area contributed by atoms with Gasteiger partial charge in [-0.15, -0.1) is 0 Å². The first-order valence-electron chi connectivity index (χ1n) is 10.9. The number of likely N-dealkylation sites (tertiary alicyclic amines) is 1. The monoisotopic (exact) mass is 410 g/mol. The molecule has 0 saturated carbocycles. The second-order valence-corrected chi connectivity index (χ2v) is 8.34. The first-order valence-corrected chi connectivity index (χ1v) is 10.9. The van der Waals surface area contributed by atoms with Gasteiger partial charge in [-0.1, -0.05) is 6.07 Å². The molecule has 0 radical (unpaired) electrons. The van der Waals surface area contributed by atoms with Crippen LogP contribution in [0.5, 0.6) is 0 Å². The summed E-state index contributed by atoms with van der Waals surface area (Å²) in [6.45, 7) is 4.00. The van der Waals surface area contributed by atoms with Gasteiger partial charge in [0.05, 0.1) is 12.5 Å². The van der Waals surface area contributed by atoms with Gasteiger partial charge in [0, 0.05) is 55.1 Å². The van der Waals surface area contributed by atoms with E-state index in [1.807, 2.05) is 6.92 Å². The fourth-order valence-electron chi connectivity index (χ4n) is 4.30. The summed E-state index contributed by atoms with van der Waals surface area (Å²) >= 11 is 0. The van der Waals surface area contributed by atoms with Crippen LogP contribution in [0, 0.1) is 6.92 Å². The van der Waals surface area contributed by atoms with Gasteiger partial charge in [0.1, 0.15) is 5.82 Å². The fraction of sp³-hybridized carbons (Fsp3) is 0.565. The largest absolute Gasteiger partial charge is 0.481 e. The van der Waals surface area contributed by atoms with Gasteiger partial charge in [-0.25, -0.2) is 9.97 Å². The Bertz CT molecular complexity index is 865. The molecule has 1 aliphatic carbocycles. The van der Waals surface area contributed by atoms with E-state index in [1.165, 1.54) is 30.5 Å². The highest BCUT2D eigenvalue weighted by atomic mass is 16.5. The van der Waals surface area contributed by atoms with E-state index in [-0.39, 0.29) is 18.6 Å². The average Bonchev–Trinajstić information content (AvgIpc) is 2.71. The van der Waals surface area contributed by atoms with Crippen LogP contribution in [0.3, 0.4) is 0 Å². The predicted octanol–water partition coefficient (Wildman–Crippen LogP) is 2.91. The number of hydrogen-bond acceptors (Lipinski definition) is 6. The number of aromatic nitrogens is 3. The third kappa shape index (κ3) is 5.21. The van der Waals surface area contributed by atoms with Gasteiger partial charge in [-0.05, 0) is 57.1 Å². The van der Waals surface area contributed by atoms with Gasteiger partial charge in [-0.2, -0.15) is 0 Å². The molecule has 7 heteroatoms. The van der Waals surface area contributed by atoms with Gasteiger partial charge in [0.15, 0.2) is 0 Å². The van der Waals surface area contributed by atoms with Crippen molar-refractivity contribution in [3.63, 3.8) is 0 Å². The Balaban J connectivity index is 1.21. The standard InChI is InChI=1S/C23H30N4O3/c1-16-24-12-18(13-25-16)22(11-23(28)29)27-14-20(15-27)30-10-4-6-19-9-8-17-5-2-3-7-21(17)26-19/h8-9,12-13,20,22H,2-7,10-11,14-15H2,1H3,(H,28,29)/t22-/m1/s1. The van der Waals surface area contributed by atoms with Crippen LogP contribution in [0.25, 0.3) is 0 Å². The van der Waals surface area contributed by atoms with E-state index >= 15 is 0 Å². The molecule has 1 fully saturated rings. The topological polar surface area (TPSA) is 88.4 Å². The van der Waals surface area contributed by atoms with E-state index in [1.54, 1.807) is 12.4 Å². The highest BCUT2D eigenvalue weighted by Crippen LogP contribution is 2.29. The van der Waals surface area contributed by atoms with Crippen molar-refractivity contribution in [3.05, 3.63) is 52.9 Å². The molecule has 0 spiro atoms. The Labute approximate surface area is 177 Å². The maximum atomic E-state index is 11.3. The van der Waals surface area contributed by atoms with E-state index in [0.29, 0.717) is 12.4 Å². The summed E-state index contributed by atoms with van der Waals surface area (Å²) in [6, 6.07) is 4.21. The zero-order valence-electron chi connectivity index (χ0n) is 17.6. The second kappa shape index (κ2) is 9.62. The van der Waals surface area contributed by atoms with Gasteiger partial charge in [0.2, 0.25) is 0 Å². The predicted molar refractivity (Wildman–Crippen MR) is 112 cm³/mol. The van der Waals surface area contributed by atoms with Crippen molar-refractivity contribution in [1.82, 2.24) is 19.9 Å². The zero-order chi connectivity index (χ0) is 20.9. The molecule has 2 aromatic heterocycles. The highest BCUT2D eigenvalue weighted by molar-refractivity contribution is 5.67. The summed E-state index contributed by atoms with van der Waals surface area (Å²) in [5.41, 5.74) is 4.72. The quantitative estimate of drug-likeness (QED) is 0.636. The normalized spacial score (nSPS) is 17.9. The van der Waals surface area contributed by atoms with Crippen LogP contribution in [-0.4, -0.2) is 56.7 Å². The number of fused-ring (bicyclic) bond motifs is 1. The van der Waals surface area contributed by atoms with Gasteiger partial charge in [-0.3, -0.25) is 14.7 Å². The molecular formula is C23H30N4O3. The average molecular weight is 411 g/mol. The third-order valence-corrected chi connectivity index (χ3v) is 6.04. The van der Waals surface area contributed by atoms with Crippen LogP contribution in [0.15, 0.2) is 24.5 Å². The first-order chi connectivity index (χ1) is 14.6. The molecule has 2 aliphatic rings. The lowest BCUT2D eigenvalue weighted by Crippen LogP contribution is -2.53. The number of rotatable bonds is 9. The Morgan fingerprint density at radius 3 is 2.77 bits per heavy atom. The molecule has 1 aliphatic heterocycles. The molecule has 2 aromatic rings. The lowest BCUT2D eigenvalue weighted by atomic mass is 9.95. The van der Waals surface area contributed by atoms with Crippen LogP contribution in [0.1, 0.15) is 60.1 Å². The van der Waals surface area contributed by atoms with Crippen molar-refractivity contribution in [2.75, 3.05) is 19.7 Å². The van der Waals surface area contributed by atoms with Crippen LogP contribution < -0.4 is 0 Å². The molecule has 0 aromatic carbocycles. The number of nitrogens with zero attached hydrogens (tertiary/aromatic N) is 4. The number of pyridine rings is 1. The minimum absolute atomic E-state index is 0.0448. The number of carboxylic acid groups (broad SMARTS) is 1. The highest BCUT2D eigenvalue weighted by Gasteiger charge is 2.35. The smallest absolute Gasteiger partial charge is 0.305 e. The molecule has 1 saturated heterocycles. The van der Waals surface area contributed by atoms with Crippen molar-refractivity contribution in [1.29, 1.82) is 0 Å². The summed E-state index contributed by atoms with van der Waals surface area (Å²) in [6.07, 6.45) is 10.4. The van der Waals surface area contributed by atoms with Crippen molar-refractivity contribution in [2.24, 2.45) is 0 Å². The van der Waals surface area contributed by atoms with Crippen LogP contribution in [0.2, 0.25) is 0 Å². The maximum Gasteiger partial charge on any atom is 0.305 e. The fourth-order valence-corrected chi connectivity index (χ4v) is 4.30. The van der Waals surface area contributed by atoms with Gasteiger partial charge in [0.25, 0.3) is 0 Å². The van der Waals surface area contributed by atoms with Crippen LogP contribution >= 0.6 is 0 Å². The molecule has 30 heavy (non-hydrogen) atoms. The van der Waals surface area contributed by atoms with Crippen LogP contribution in [0.4, 0.5) is 0 Å². The molecule has 0 amide bonds. The molecule has 0 unspecified atom stereocenters. The lowest BCUT2D eigenvalue weighted by Gasteiger charge is -2.43. The zero-order valence-corrected chi connectivity index (χ0v) is 17.6. The molecule has 1 N–H and O–H groups in total. The Kier molecular flexibility index (Phi) is 6.69. The summed E-state index contributed by atoms with van der Waals surface area (Å²) in [4.78, 5) is 26.7. The van der Waals surface area contributed by atoms with Crippen molar-refractivity contribution in [2.45, 2.75) is 64.0 Å². The van der Waals surface area contributed by atoms with Crippen molar-refractivity contribution >= 4 is 5.97 Å². The molecule has 4 rings (SSSR count). The van der Waals surface area contributed by atoms with E-state index in [9.17, 15) is 9.90 Å². The van der Waals surface area contributed by atoms with E-state index in [0.717, 1.165) is 43.6 Å². The van der Waals surface area contributed by atoms with E-state index in [4.69, 9.17) is 9.72 Å². The summed E-state index contributed by atoms with van der Waals surface area (Å²) in [7, 11) is 0. The van der Waals surface area contributed by atoms with Crippen LogP contribution in [-0.2, 0) is 28.8 Å². The van der Waals surface area contributed by atoms with E-state index in [2.05, 4.69) is 27.0 Å². The molecule has 3 heterocycles. The minimum atomic E-state index is -0.817. The second-order valence-electron chi connectivity index (χ2n) is 8.34. The Morgan fingerprint density at radius 1 is 1.23 bits per heavy atom. The Morgan fingerprint density at radius 2 is 2.00 bits per heavy atom. The number of aliphatic carboxylic acids is 1. The Hall–Kier alpha value is -2.38. The van der Waals surface area contributed by atoms with Gasteiger partial charge < -0.3 is 9.84 Å². The van der Waals surface area contributed by atoms with E-state index < -0.39 is 5.97 Å². The molecule has 0 bridgehead atoms. The number of carboxylic acids is 1. The summed E-state index contributed by atoms with van der Waals surface area (Å²) < 4.78 is 6.00. The minimum Gasteiger partial charge on any atom is -0.481 e. The maximum absolute atomic E-state index is 11.3. The molecular weight excluding hydrogens is 380 g/mol. The number of hydrogen-bond donors (Lipinski definition) is 1. The lowest BCUT2D eigenvalue weighted by molar-refractivity contribution is -0.140. The van der Waals surface area contributed by atoms with Crippen molar-refractivity contribution in [3.8, 4) is 0 Å². The molecule has 1 atom stereocenters. The van der Waals surface area contributed by atoms with Crippen molar-refractivity contribution < 1.29 is 14.6 Å².